The summed E-state index contributed by atoms with van der Waals surface area (Å²) >= 11 is 0. The molecule has 9 heteroatoms. The van der Waals surface area contributed by atoms with Crippen molar-refractivity contribution < 1.29 is 24.0 Å². The van der Waals surface area contributed by atoms with E-state index in [9.17, 15) is 14.4 Å². The minimum atomic E-state index is -0.734. The summed E-state index contributed by atoms with van der Waals surface area (Å²) in [5, 5.41) is 4.03. The van der Waals surface area contributed by atoms with Crippen LogP contribution >= 0.6 is 0 Å². The highest BCUT2D eigenvalue weighted by molar-refractivity contribution is 5.91. The second kappa shape index (κ2) is 14.1. The van der Waals surface area contributed by atoms with Gasteiger partial charge in [-0.05, 0) is 56.6 Å². The lowest BCUT2D eigenvalue weighted by Gasteiger charge is -2.27. The van der Waals surface area contributed by atoms with Gasteiger partial charge in [0.25, 0.3) is 0 Å². The predicted octanol–water partition coefficient (Wildman–Crippen LogP) is 3.75. The molecule has 1 saturated heterocycles. The summed E-state index contributed by atoms with van der Waals surface area (Å²) in [6.45, 7) is 1.22. The van der Waals surface area contributed by atoms with Crippen LogP contribution < -0.4 is 10.8 Å². The van der Waals surface area contributed by atoms with Gasteiger partial charge in [0.1, 0.15) is 6.04 Å². The summed E-state index contributed by atoms with van der Waals surface area (Å²) in [5.74, 6) is -1.37. The largest absolute Gasteiger partial charge is 0.361 e. The van der Waals surface area contributed by atoms with Crippen LogP contribution in [0.2, 0.25) is 0 Å². The fourth-order valence-electron chi connectivity index (χ4n) is 5.08. The molecule has 0 saturated carbocycles. The quantitative estimate of drug-likeness (QED) is 0.394. The highest BCUT2D eigenvalue weighted by Gasteiger charge is 2.30. The number of H-pyrrole nitrogens is 1. The number of hydrogen-bond donors (Lipinski definition) is 3. The molecule has 1 fully saturated rings. The number of allylic oxidation sites excluding steroid dienone is 2. The number of rotatable bonds is 6. The maximum atomic E-state index is 13.5. The van der Waals surface area contributed by atoms with Gasteiger partial charge in [-0.2, -0.15) is 0 Å². The molecule has 1 aromatic carbocycles. The Hall–Kier alpha value is -3.17. The Bertz CT molecular complexity index is 1110. The first-order valence-electron chi connectivity index (χ1n) is 13.8. The van der Waals surface area contributed by atoms with Crippen molar-refractivity contribution >= 4 is 28.6 Å². The molecule has 9 nitrogen and oxygen atoms in total. The summed E-state index contributed by atoms with van der Waals surface area (Å²) in [7, 11) is 1.78. The number of likely N-dealkylation sites (N-methyl/N-ethyl adjacent to an activating group) is 1. The van der Waals surface area contributed by atoms with Gasteiger partial charge in [0.15, 0.2) is 6.29 Å². The Kier molecular flexibility index (Phi) is 10.3. The van der Waals surface area contributed by atoms with Crippen LogP contribution in [0, 0.1) is 5.92 Å². The van der Waals surface area contributed by atoms with E-state index in [2.05, 4.69) is 27.9 Å². The summed E-state index contributed by atoms with van der Waals surface area (Å²) in [5.41, 5.74) is 4.42. The first kappa shape index (κ1) is 27.9. The van der Waals surface area contributed by atoms with Gasteiger partial charge >= 0.3 is 0 Å². The fraction of sp³-hybridized carbons (Fsp3) is 0.552. The van der Waals surface area contributed by atoms with Crippen LogP contribution in [-0.2, 0) is 30.4 Å². The molecule has 38 heavy (non-hydrogen) atoms. The molecule has 4 rings (SSSR count). The molecule has 0 radical (unpaired) electrons. The molecule has 3 atom stereocenters. The molecule has 3 heterocycles. The highest BCUT2D eigenvalue weighted by atomic mass is 16.8. The van der Waals surface area contributed by atoms with Crippen molar-refractivity contribution in [2.24, 2.45) is 5.92 Å². The second-order valence-electron chi connectivity index (χ2n) is 10.3. The smallest absolute Gasteiger partial charge is 0.245 e. The summed E-state index contributed by atoms with van der Waals surface area (Å²) in [4.78, 5) is 50.1. The van der Waals surface area contributed by atoms with E-state index in [4.69, 9.17) is 9.57 Å². The molecule has 3 amide bonds. The van der Waals surface area contributed by atoms with Crippen molar-refractivity contribution in [1.29, 1.82) is 0 Å². The number of benzene rings is 1. The number of carbonyl (C=O) groups excluding carboxylic acids is 3. The number of ether oxygens (including phenoxy) is 1. The number of amides is 3. The van der Waals surface area contributed by atoms with Crippen molar-refractivity contribution in [2.45, 2.75) is 76.5 Å². The number of aromatic amines is 1. The monoisotopic (exact) mass is 524 g/mol. The SMILES string of the molecule is CN1CCCC=CCCC[C@H](CC(=O)NOC2CCCCO2)C(=O)N[C@@H](Cc2c[nH]c3ccccc23)C1=O. The molecule has 1 aromatic heterocycles. The van der Waals surface area contributed by atoms with Crippen LogP contribution in [0.15, 0.2) is 42.6 Å². The zero-order valence-electron chi connectivity index (χ0n) is 22.2. The zero-order chi connectivity index (χ0) is 26.7. The van der Waals surface area contributed by atoms with Crippen molar-refractivity contribution in [3.8, 4) is 0 Å². The molecule has 206 valence electrons. The average Bonchev–Trinajstić information content (AvgIpc) is 3.34. The van der Waals surface area contributed by atoms with E-state index in [1.165, 1.54) is 0 Å². The van der Waals surface area contributed by atoms with E-state index in [0.29, 0.717) is 26.0 Å². The molecule has 2 aliphatic heterocycles. The van der Waals surface area contributed by atoms with Crippen molar-refractivity contribution in [1.82, 2.24) is 20.7 Å². The van der Waals surface area contributed by atoms with E-state index in [-0.39, 0.29) is 24.1 Å². The topological polar surface area (TPSA) is 113 Å². The molecule has 0 spiro atoms. The number of nitrogens with one attached hydrogen (secondary N) is 3. The Labute approximate surface area is 224 Å². The van der Waals surface area contributed by atoms with Gasteiger partial charge in [-0.1, -0.05) is 30.4 Å². The minimum absolute atomic E-state index is 0.0217. The summed E-state index contributed by atoms with van der Waals surface area (Å²) < 4.78 is 5.50. The second-order valence-corrected chi connectivity index (χ2v) is 10.3. The molecule has 0 bridgehead atoms. The number of hydrogen-bond acceptors (Lipinski definition) is 5. The third-order valence-corrected chi connectivity index (χ3v) is 7.29. The van der Waals surface area contributed by atoms with Gasteiger partial charge in [0.2, 0.25) is 17.7 Å². The van der Waals surface area contributed by atoms with Crippen molar-refractivity contribution in [3.63, 3.8) is 0 Å². The zero-order valence-corrected chi connectivity index (χ0v) is 22.2. The van der Waals surface area contributed by atoms with E-state index in [0.717, 1.165) is 61.4 Å². The molecule has 2 aliphatic rings. The van der Waals surface area contributed by atoms with Gasteiger partial charge < -0.3 is 19.9 Å². The van der Waals surface area contributed by atoms with Gasteiger partial charge in [0, 0.05) is 62.5 Å². The van der Waals surface area contributed by atoms with Crippen molar-refractivity contribution in [3.05, 3.63) is 48.2 Å². The molecule has 3 N–H and O–H groups in total. The lowest BCUT2D eigenvalue weighted by molar-refractivity contribution is -0.200. The third kappa shape index (κ3) is 7.91. The first-order chi connectivity index (χ1) is 18.5. The van der Waals surface area contributed by atoms with Crippen molar-refractivity contribution in [2.75, 3.05) is 20.2 Å². The normalized spacial score (nSPS) is 24.1. The van der Waals surface area contributed by atoms with E-state index in [1.54, 1.807) is 11.9 Å². The number of fused-ring (bicyclic) bond motifs is 1. The minimum Gasteiger partial charge on any atom is -0.361 e. The van der Waals surface area contributed by atoms with E-state index < -0.39 is 18.2 Å². The number of para-hydroxylation sites is 1. The van der Waals surface area contributed by atoms with E-state index in [1.807, 2.05) is 30.5 Å². The molecule has 2 aromatic rings. The van der Waals surface area contributed by atoms with Crippen LogP contribution in [0.3, 0.4) is 0 Å². The number of carbonyl (C=O) groups is 3. The standard InChI is InChI=1S/C29H40N4O5/c1-33-16-10-5-3-2-4-6-12-21(19-26(34)32-38-27-15-9-11-17-37-27)28(35)31-25(29(33)36)18-22-20-30-24-14-8-7-13-23(22)24/h2-3,7-8,13-14,20-21,25,27,30H,4-6,9-12,15-19H2,1H3,(H,31,35)(H,32,34)/t21-,25+,27?/m1/s1. The van der Waals surface area contributed by atoms with Crippen LogP contribution in [-0.4, -0.2) is 60.1 Å². The molecular weight excluding hydrogens is 484 g/mol. The lowest BCUT2D eigenvalue weighted by atomic mass is 9.95. The van der Waals surface area contributed by atoms with Crippen LogP contribution in [0.1, 0.15) is 63.4 Å². The maximum absolute atomic E-state index is 13.5. The number of aromatic nitrogens is 1. The van der Waals surface area contributed by atoms with Gasteiger partial charge in [0.05, 0.1) is 0 Å². The average molecular weight is 525 g/mol. The first-order valence-corrected chi connectivity index (χ1v) is 13.8. The Morgan fingerprint density at radius 3 is 2.74 bits per heavy atom. The number of nitrogens with zero attached hydrogens (tertiary/aromatic N) is 1. The molecular formula is C29H40N4O5. The van der Waals surface area contributed by atoms with Crippen LogP contribution in [0.4, 0.5) is 0 Å². The summed E-state index contributed by atoms with van der Waals surface area (Å²) in [6.07, 6.45) is 12.6. The highest BCUT2D eigenvalue weighted by Crippen LogP contribution is 2.21. The molecule has 0 aliphatic carbocycles. The predicted molar refractivity (Wildman–Crippen MR) is 145 cm³/mol. The third-order valence-electron chi connectivity index (χ3n) is 7.29. The Morgan fingerprint density at radius 2 is 1.92 bits per heavy atom. The van der Waals surface area contributed by atoms with Gasteiger partial charge in [-0.3, -0.25) is 14.4 Å². The lowest BCUT2D eigenvalue weighted by Crippen LogP contribution is -2.50. The Morgan fingerprint density at radius 1 is 1.11 bits per heavy atom. The van der Waals surface area contributed by atoms with Crippen LogP contribution in [0.5, 0.6) is 0 Å². The van der Waals surface area contributed by atoms with Crippen LogP contribution in [0.25, 0.3) is 10.9 Å². The Balaban J connectivity index is 1.48. The van der Waals surface area contributed by atoms with E-state index >= 15 is 0 Å². The van der Waals surface area contributed by atoms with Gasteiger partial charge in [-0.25, -0.2) is 10.3 Å². The molecule has 1 unspecified atom stereocenters. The van der Waals surface area contributed by atoms with Gasteiger partial charge in [-0.15, -0.1) is 0 Å². The maximum Gasteiger partial charge on any atom is 0.245 e. The number of hydroxylamine groups is 1. The summed E-state index contributed by atoms with van der Waals surface area (Å²) in [6, 6.07) is 7.18. The fourth-order valence-corrected chi connectivity index (χ4v) is 5.08.